The summed E-state index contributed by atoms with van der Waals surface area (Å²) in [7, 11) is 0. The maximum Gasteiger partial charge on any atom is 0.227 e. The minimum atomic E-state index is -0.00875. The molecule has 4 nitrogen and oxygen atoms in total. The fraction of sp³-hybridized carbons (Fsp3) is 0.619. The fourth-order valence-electron chi connectivity index (χ4n) is 4.08. The summed E-state index contributed by atoms with van der Waals surface area (Å²) in [5.41, 5.74) is 2.53. The average molecular weight is 342 g/mol. The molecule has 1 aliphatic heterocycles. The number of rotatable bonds is 4. The topological polar surface area (TPSA) is 49.4 Å². The van der Waals surface area contributed by atoms with Crippen LogP contribution >= 0.6 is 0 Å². The number of fused-ring (bicyclic) bond motifs is 1. The largest absolute Gasteiger partial charge is 0.353 e. The van der Waals surface area contributed by atoms with E-state index in [2.05, 4.69) is 37.4 Å². The monoisotopic (exact) mass is 342 g/mol. The molecule has 0 saturated carbocycles. The Morgan fingerprint density at radius 3 is 2.60 bits per heavy atom. The van der Waals surface area contributed by atoms with Crippen molar-refractivity contribution in [3.8, 4) is 0 Å². The summed E-state index contributed by atoms with van der Waals surface area (Å²) in [6, 6.07) is 8.54. The molecule has 1 atom stereocenters. The first-order valence-electron chi connectivity index (χ1n) is 9.70. The Labute approximate surface area is 151 Å². The molecule has 1 saturated heterocycles. The second kappa shape index (κ2) is 8.03. The summed E-state index contributed by atoms with van der Waals surface area (Å²) in [6.45, 7) is 5.68. The van der Waals surface area contributed by atoms with Crippen LogP contribution in [0.1, 0.15) is 63.0 Å². The van der Waals surface area contributed by atoms with Gasteiger partial charge >= 0.3 is 0 Å². The summed E-state index contributed by atoms with van der Waals surface area (Å²) in [5.74, 6) is 0.807. The van der Waals surface area contributed by atoms with Crippen molar-refractivity contribution in [2.75, 3.05) is 13.1 Å². The molecule has 1 N–H and O–H groups in total. The highest BCUT2D eigenvalue weighted by Gasteiger charge is 2.29. The number of nitrogens with one attached hydrogen (secondary N) is 1. The fourth-order valence-corrected chi connectivity index (χ4v) is 4.08. The SMILES string of the molecule is CC(C)CC(=O)N1CCC(NC(=O)[C@H]2CCCc3ccccc32)CC1. The molecule has 2 amide bonds. The van der Waals surface area contributed by atoms with E-state index in [1.54, 1.807) is 0 Å². The van der Waals surface area contributed by atoms with Gasteiger partial charge in [0.15, 0.2) is 0 Å². The highest BCUT2D eigenvalue weighted by molar-refractivity contribution is 5.84. The maximum atomic E-state index is 12.8. The number of amides is 2. The summed E-state index contributed by atoms with van der Waals surface area (Å²) < 4.78 is 0. The van der Waals surface area contributed by atoms with Crippen LogP contribution in [0.25, 0.3) is 0 Å². The minimum Gasteiger partial charge on any atom is -0.353 e. The lowest BCUT2D eigenvalue weighted by molar-refractivity contribution is -0.133. The van der Waals surface area contributed by atoms with Gasteiger partial charge in [0, 0.05) is 25.6 Å². The van der Waals surface area contributed by atoms with Crippen molar-refractivity contribution in [3.05, 3.63) is 35.4 Å². The van der Waals surface area contributed by atoms with Crippen molar-refractivity contribution in [2.45, 2.75) is 64.3 Å². The number of benzene rings is 1. The number of aryl methyl sites for hydroxylation is 1. The highest BCUT2D eigenvalue weighted by atomic mass is 16.2. The van der Waals surface area contributed by atoms with E-state index in [1.807, 2.05) is 11.0 Å². The second-order valence-corrected chi connectivity index (χ2v) is 7.91. The second-order valence-electron chi connectivity index (χ2n) is 7.91. The molecular formula is C21H30N2O2. The van der Waals surface area contributed by atoms with E-state index >= 15 is 0 Å². The zero-order valence-electron chi connectivity index (χ0n) is 15.5. The molecule has 0 unspecified atom stereocenters. The third-order valence-corrected chi connectivity index (χ3v) is 5.46. The molecule has 3 rings (SSSR count). The normalized spacial score (nSPS) is 21.1. The van der Waals surface area contributed by atoms with Crippen molar-refractivity contribution in [1.82, 2.24) is 10.2 Å². The van der Waals surface area contributed by atoms with E-state index in [4.69, 9.17) is 0 Å². The van der Waals surface area contributed by atoms with Crippen LogP contribution in [0.15, 0.2) is 24.3 Å². The van der Waals surface area contributed by atoms with Crippen LogP contribution in [-0.2, 0) is 16.0 Å². The number of hydrogen-bond donors (Lipinski definition) is 1. The zero-order chi connectivity index (χ0) is 17.8. The lowest BCUT2D eigenvalue weighted by Crippen LogP contribution is -2.48. The van der Waals surface area contributed by atoms with Gasteiger partial charge in [-0.15, -0.1) is 0 Å². The van der Waals surface area contributed by atoms with Gasteiger partial charge in [-0.05, 0) is 49.1 Å². The standard InChI is InChI=1S/C21H30N2O2/c1-15(2)14-20(24)23-12-10-17(11-13-23)22-21(25)19-9-5-7-16-6-3-4-8-18(16)19/h3-4,6,8,15,17,19H,5,7,9-14H2,1-2H3,(H,22,25)/t19-/m0/s1. The van der Waals surface area contributed by atoms with Gasteiger partial charge in [0.25, 0.3) is 0 Å². The molecule has 0 aromatic heterocycles. The Morgan fingerprint density at radius 1 is 1.16 bits per heavy atom. The number of carbonyl (C=O) groups excluding carboxylic acids is 2. The Kier molecular flexibility index (Phi) is 5.77. The summed E-state index contributed by atoms with van der Waals surface area (Å²) in [4.78, 5) is 26.9. The van der Waals surface area contributed by atoms with Gasteiger partial charge in [-0.25, -0.2) is 0 Å². The first-order chi connectivity index (χ1) is 12.0. The molecule has 1 heterocycles. The van der Waals surface area contributed by atoms with Crippen LogP contribution < -0.4 is 5.32 Å². The van der Waals surface area contributed by atoms with Crippen molar-refractivity contribution >= 4 is 11.8 Å². The Hall–Kier alpha value is -1.84. The van der Waals surface area contributed by atoms with Gasteiger partial charge in [0.1, 0.15) is 0 Å². The van der Waals surface area contributed by atoms with Crippen LogP contribution in [0.4, 0.5) is 0 Å². The van der Waals surface area contributed by atoms with Crippen molar-refractivity contribution < 1.29 is 9.59 Å². The number of carbonyl (C=O) groups is 2. The summed E-state index contributed by atoms with van der Waals surface area (Å²) >= 11 is 0. The zero-order valence-corrected chi connectivity index (χ0v) is 15.5. The summed E-state index contributed by atoms with van der Waals surface area (Å²) in [6.07, 6.45) is 5.45. The molecule has 1 aromatic carbocycles. The lowest BCUT2D eigenvalue weighted by Gasteiger charge is -2.34. The molecule has 4 heteroatoms. The molecular weight excluding hydrogens is 312 g/mol. The van der Waals surface area contributed by atoms with Crippen LogP contribution in [-0.4, -0.2) is 35.8 Å². The molecule has 0 spiro atoms. The highest BCUT2D eigenvalue weighted by Crippen LogP contribution is 2.31. The predicted molar refractivity (Wildman–Crippen MR) is 99.3 cm³/mol. The third kappa shape index (κ3) is 4.42. The predicted octanol–water partition coefficient (Wildman–Crippen LogP) is 3.26. The van der Waals surface area contributed by atoms with Crippen LogP contribution in [0.2, 0.25) is 0 Å². The van der Waals surface area contributed by atoms with Gasteiger partial charge < -0.3 is 10.2 Å². The Bertz CT molecular complexity index is 618. The van der Waals surface area contributed by atoms with Gasteiger partial charge in [-0.3, -0.25) is 9.59 Å². The Morgan fingerprint density at radius 2 is 1.88 bits per heavy atom. The number of piperidine rings is 1. The van der Waals surface area contributed by atoms with Crippen molar-refractivity contribution in [2.24, 2.45) is 5.92 Å². The average Bonchev–Trinajstić information content (AvgIpc) is 2.61. The molecule has 1 fully saturated rings. The van der Waals surface area contributed by atoms with Gasteiger partial charge in [0.05, 0.1) is 5.92 Å². The van der Waals surface area contributed by atoms with E-state index in [0.29, 0.717) is 12.3 Å². The van der Waals surface area contributed by atoms with Gasteiger partial charge in [-0.1, -0.05) is 38.1 Å². The number of hydrogen-bond acceptors (Lipinski definition) is 2. The van der Waals surface area contributed by atoms with Crippen LogP contribution in [0.3, 0.4) is 0 Å². The number of nitrogens with zero attached hydrogens (tertiary/aromatic N) is 1. The Balaban J connectivity index is 1.53. The van der Waals surface area contributed by atoms with Crippen LogP contribution in [0.5, 0.6) is 0 Å². The van der Waals surface area contributed by atoms with Crippen molar-refractivity contribution in [3.63, 3.8) is 0 Å². The molecule has 25 heavy (non-hydrogen) atoms. The van der Waals surface area contributed by atoms with Crippen LogP contribution in [0, 0.1) is 5.92 Å². The first kappa shape index (κ1) is 18.0. The lowest BCUT2D eigenvalue weighted by atomic mass is 9.82. The summed E-state index contributed by atoms with van der Waals surface area (Å²) in [5, 5.41) is 3.25. The van der Waals surface area contributed by atoms with Gasteiger partial charge in [-0.2, -0.15) is 0 Å². The molecule has 1 aliphatic carbocycles. The van der Waals surface area contributed by atoms with E-state index < -0.39 is 0 Å². The molecule has 2 aliphatic rings. The van der Waals surface area contributed by atoms with E-state index in [1.165, 1.54) is 11.1 Å². The van der Waals surface area contributed by atoms with E-state index in [9.17, 15) is 9.59 Å². The van der Waals surface area contributed by atoms with Gasteiger partial charge in [0.2, 0.25) is 11.8 Å². The molecule has 1 aromatic rings. The first-order valence-corrected chi connectivity index (χ1v) is 9.70. The van der Waals surface area contributed by atoms with E-state index in [0.717, 1.165) is 45.2 Å². The molecule has 136 valence electrons. The number of likely N-dealkylation sites (tertiary alicyclic amines) is 1. The molecule has 0 radical (unpaired) electrons. The third-order valence-electron chi connectivity index (χ3n) is 5.46. The smallest absolute Gasteiger partial charge is 0.227 e. The van der Waals surface area contributed by atoms with Crippen molar-refractivity contribution in [1.29, 1.82) is 0 Å². The van der Waals surface area contributed by atoms with E-state index in [-0.39, 0.29) is 23.8 Å². The minimum absolute atomic E-state index is 0.00875. The maximum absolute atomic E-state index is 12.8. The quantitative estimate of drug-likeness (QED) is 0.913. The molecule has 0 bridgehead atoms.